The van der Waals surface area contributed by atoms with Gasteiger partial charge in [-0.3, -0.25) is 0 Å². The molecule has 0 aliphatic carbocycles. The summed E-state index contributed by atoms with van der Waals surface area (Å²) >= 11 is 1.73. The predicted molar refractivity (Wildman–Crippen MR) is 77.9 cm³/mol. The number of benzene rings is 1. The van der Waals surface area contributed by atoms with Crippen molar-refractivity contribution in [1.82, 2.24) is 10.1 Å². The van der Waals surface area contributed by atoms with Crippen LogP contribution < -0.4 is 4.74 Å². The van der Waals surface area contributed by atoms with E-state index in [0.29, 0.717) is 24.6 Å². The van der Waals surface area contributed by atoms with Crippen molar-refractivity contribution >= 4 is 11.8 Å². The molecule has 0 bridgehead atoms. The maximum atomic E-state index is 8.68. The van der Waals surface area contributed by atoms with E-state index in [0.717, 1.165) is 16.4 Å². The number of fused-ring (bicyclic) bond motifs is 1. The Morgan fingerprint density at radius 3 is 3.19 bits per heavy atom. The van der Waals surface area contributed by atoms with Crippen LogP contribution in [0.15, 0.2) is 33.7 Å². The molecule has 0 fully saturated rings. The maximum absolute atomic E-state index is 8.68. The molecule has 2 aromatic rings. The smallest absolute Gasteiger partial charge is 0.227 e. The third-order valence-corrected chi connectivity index (χ3v) is 4.36. The van der Waals surface area contributed by atoms with Gasteiger partial charge >= 0.3 is 0 Å². The molecule has 1 aliphatic heterocycles. The van der Waals surface area contributed by atoms with Crippen LogP contribution in [-0.2, 0) is 6.42 Å². The fraction of sp³-hybridized carbons (Fsp3) is 0.400. The van der Waals surface area contributed by atoms with Crippen molar-refractivity contribution in [3.05, 3.63) is 36.0 Å². The zero-order chi connectivity index (χ0) is 14.7. The molecule has 0 amide bonds. The first-order valence-electron chi connectivity index (χ1n) is 6.84. The van der Waals surface area contributed by atoms with Crippen molar-refractivity contribution < 1.29 is 9.26 Å². The third kappa shape index (κ3) is 3.19. The predicted octanol–water partition coefficient (Wildman–Crippen LogP) is 3.39. The minimum atomic E-state index is -0.186. The highest BCUT2D eigenvalue weighted by atomic mass is 32.2. The summed E-state index contributed by atoms with van der Waals surface area (Å²) in [5, 5.41) is 12.7. The zero-order valence-corrected chi connectivity index (χ0v) is 12.5. The molecule has 108 valence electrons. The van der Waals surface area contributed by atoms with Gasteiger partial charge in [0, 0.05) is 23.5 Å². The molecule has 0 saturated carbocycles. The van der Waals surface area contributed by atoms with Crippen LogP contribution in [0.5, 0.6) is 5.75 Å². The number of hydrogen-bond acceptors (Lipinski definition) is 6. The Hall–Kier alpha value is -2.00. The molecule has 5 nitrogen and oxygen atoms in total. The van der Waals surface area contributed by atoms with E-state index in [1.54, 1.807) is 11.8 Å². The van der Waals surface area contributed by atoms with Crippen LogP contribution in [0.25, 0.3) is 0 Å². The number of thioether (sulfide) groups is 1. The van der Waals surface area contributed by atoms with E-state index in [-0.39, 0.29) is 12.0 Å². The fourth-order valence-electron chi connectivity index (χ4n) is 2.15. The number of para-hydroxylation sites is 1. The lowest BCUT2D eigenvalue weighted by molar-refractivity contribution is 0.205. The van der Waals surface area contributed by atoms with E-state index in [9.17, 15) is 0 Å². The summed E-state index contributed by atoms with van der Waals surface area (Å²) in [5.74, 6) is 2.99. The second-order valence-corrected chi connectivity index (χ2v) is 6.14. The average Bonchev–Trinajstić information content (AvgIpc) is 2.95. The van der Waals surface area contributed by atoms with Crippen molar-refractivity contribution in [2.75, 3.05) is 5.75 Å². The molecule has 3 rings (SSSR count). The minimum absolute atomic E-state index is 0.186. The molecule has 6 heteroatoms. The van der Waals surface area contributed by atoms with E-state index < -0.39 is 0 Å². The maximum Gasteiger partial charge on any atom is 0.227 e. The third-order valence-electron chi connectivity index (χ3n) is 3.24. The molecule has 2 unspecified atom stereocenters. The van der Waals surface area contributed by atoms with Crippen LogP contribution in [0.3, 0.4) is 0 Å². The van der Waals surface area contributed by atoms with E-state index in [4.69, 9.17) is 14.5 Å². The molecular weight excluding hydrogens is 286 g/mol. The quantitative estimate of drug-likeness (QED) is 0.862. The first-order valence-corrected chi connectivity index (χ1v) is 7.82. The minimum Gasteiger partial charge on any atom is -0.480 e. The van der Waals surface area contributed by atoms with Gasteiger partial charge in [-0.25, -0.2) is 0 Å². The number of nitriles is 1. The summed E-state index contributed by atoms with van der Waals surface area (Å²) in [6, 6.07) is 10.1. The van der Waals surface area contributed by atoms with E-state index in [2.05, 4.69) is 16.2 Å². The average molecular weight is 301 g/mol. The van der Waals surface area contributed by atoms with Gasteiger partial charge in [0.1, 0.15) is 5.75 Å². The lowest BCUT2D eigenvalue weighted by Crippen LogP contribution is -2.16. The standard InChI is InChI=1S/C15H15N3O2S/c1-10(6-7-16)8-14-17-15(18-20-14)12-9-21-13-5-3-2-4-11(13)19-12/h2-5,10,12H,6,8-9H2,1H3. The number of nitrogens with zero attached hydrogens (tertiary/aromatic N) is 3. The monoisotopic (exact) mass is 301 g/mol. The fourth-order valence-corrected chi connectivity index (χ4v) is 3.14. The molecule has 2 heterocycles. The largest absolute Gasteiger partial charge is 0.480 e. The van der Waals surface area contributed by atoms with Gasteiger partial charge < -0.3 is 9.26 Å². The molecule has 1 aromatic heterocycles. The second kappa shape index (κ2) is 6.19. The second-order valence-electron chi connectivity index (χ2n) is 5.08. The Bertz CT molecular complexity index is 665. The number of ether oxygens (including phenoxy) is 1. The summed E-state index contributed by atoms with van der Waals surface area (Å²) in [6.45, 7) is 2.00. The summed E-state index contributed by atoms with van der Waals surface area (Å²) in [4.78, 5) is 5.54. The highest BCUT2D eigenvalue weighted by molar-refractivity contribution is 7.99. The molecule has 0 radical (unpaired) electrons. The van der Waals surface area contributed by atoms with Crippen molar-refractivity contribution in [3.63, 3.8) is 0 Å². The van der Waals surface area contributed by atoms with Gasteiger partial charge in [0.2, 0.25) is 11.7 Å². The van der Waals surface area contributed by atoms with Crippen molar-refractivity contribution in [2.24, 2.45) is 5.92 Å². The van der Waals surface area contributed by atoms with Gasteiger partial charge in [-0.05, 0) is 18.1 Å². The Morgan fingerprint density at radius 2 is 2.33 bits per heavy atom. The summed E-state index contributed by atoms with van der Waals surface area (Å²) in [6.07, 6.45) is 0.923. The zero-order valence-electron chi connectivity index (χ0n) is 11.7. The van der Waals surface area contributed by atoms with E-state index >= 15 is 0 Å². The van der Waals surface area contributed by atoms with Gasteiger partial charge in [0.05, 0.1) is 6.07 Å². The van der Waals surface area contributed by atoms with Gasteiger partial charge in [0.15, 0.2) is 6.10 Å². The highest BCUT2D eigenvalue weighted by Gasteiger charge is 2.26. The van der Waals surface area contributed by atoms with E-state index in [1.165, 1.54) is 0 Å². The molecule has 1 aliphatic rings. The van der Waals surface area contributed by atoms with Crippen LogP contribution in [0.4, 0.5) is 0 Å². The van der Waals surface area contributed by atoms with Gasteiger partial charge in [-0.1, -0.05) is 24.2 Å². The van der Waals surface area contributed by atoms with Crippen LogP contribution in [-0.4, -0.2) is 15.9 Å². The lowest BCUT2D eigenvalue weighted by atomic mass is 10.1. The lowest BCUT2D eigenvalue weighted by Gasteiger charge is -2.22. The number of hydrogen-bond donors (Lipinski definition) is 0. The molecule has 21 heavy (non-hydrogen) atoms. The van der Waals surface area contributed by atoms with Crippen LogP contribution >= 0.6 is 11.8 Å². The SMILES string of the molecule is CC(CC#N)Cc1nc(C2CSc3ccccc3O2)no1. The Labute approximate surface area is 127 Å². The molecule has 0 N–H and O–H groups in total. The van der Waals surface area contributed by atoms with Gasteiger partial charge in [-0.2, -0.15) is 10.2 Å². The number of aromatic nitrogens is 2. The first kappa shape index (κ1) is 14.0. The van der Waals surface area contributed by atoms with Crippen LogP contribution in [0.2, 0.25) is 0 Å². The van der Waals surface area contributed by atoms with Gasteiger partial charge in [0.25, 0.3) is 0 Å². The van der Waals surface area contributed by atoms with Crippen molar-refractivity contribution in [3.8, 4) is 11.8 Å². The summed E-state index contributed by atoms with van der Waals surface area (Å²) in [5.41, 5.74) is 0. The first-order chi connectivity index (χ1) is 10.3. The topological polar surface area (TPSA) is 71.9 Å². The molecule has 2 atom stereocenters. The highest BCUT2D eigenvalue weighted by Crippen LogP contribution is 2.39. The van der Waals surface area contributed by atoms with E-state index in [1.807, 2.05) is 31.2 Å². The number of rotatable bonds is 4. The molecule has 0 saturated heterocycles. The van der Waals surface area contributed by atoms with Crippen molar-refractivity contribution in [2.45, 2.75) is 30.8 Å². The molecular formula is C15H15N3O2S. The normalized spacial score (nSPS) is 18.4. The summed E-state index contributed by atoms with van der Waals surface area (Å²) < 4.78 is 11.2. The Morgan fingerprint density at radius 1 is 1.48 bits per heavy atom. The molecule has 1 aromatic carbocycles. The summed E-state index contributed by atoms with van der Waals surface area (Å²) in [7, 11) is 0. The molecule has 0 spiro atoms. The van der Waals surface area contributed by atoms with Crippen molar-refractivity contribution in [1.29, 1.82) is 5.26 Å². The Balaban J connectivity index is 1.69. The Kier molecular flexibility index (Phi) is 4.11. The van der Waals surface area contributed by atoms with Crippen LogP contribution in [0.1, 0.15) is 31.2 Å². The van der Waals surface area contributed by atoms with Crippen LogP contribution in [0, 0.1) is 17.2 Å². The van der Waals surface area contributed by atoms with Gasteiger partial charge in [-0.15, -0.1) is 11.8 Å².